The van der Waals surface area contributed by atoms with Crippen molar-refractivity contribution in [1.82, 2.24) is 20.3 Å². The molecule has 29 heavy (non-hydrogen) atoms. The van der Waals surface area contributed by atoms with E-state index in [0.717, 1.165) is 11.2 Å². The lowest BCUT2D eigenvalue weighted by molar-refractivity contribution is -0.115. The molecule has 4 rings (SSSR count). The topological polar surface area (TPSA) is 85.0 Å². The summed E-state index contributed by atoms with van der Waals surface area (Å²) >= 11 is 5.20. The second-order valence-electron chi connectivity index (χ2n) is 6.32. The first-order chi connectivity index (χ1) is 14.1. The van der Waals surface area contributed by atoms with Crippen LogP contribution in [0.5, 0.6) is 0 Å². The van der Waals surface area contributed by atoms with Crippen molar-refractivity contribution in [1.29, 1.82) is 0 Å². The van der Waals surface area contributed by atoms with Crippen LogP contribution in [0.4, 0.5) is 5.69 Å². The fourth-order valence-electron chi connectivity index (χ4n) is 2.65. The van der Waals surface area contributed by atoms with E-state index in [-0.39, 0.29) is 11.0 Å². The molecule has 0 atom stereocenters. The van der Waals surface area contributed by atoms with Crippen LogP contribution in [0.2, 0.25) is 0 Å². The second kappa shape index (κ2) is 8.07. The van der Waals surface area contributed by atoms with E-state index in [1.54, 1.807) is 23.0 Å². The van der Waals surface area contributed by atoms with Crippen LogP contribution in [0.15, 0.2) is 71.4 Å². The minimum absolute atomic E-state index is 0.185. The Bertz CT molecular complexity index is 1190. The van der Waals surface area contributed by atoms with E-state index in [1.165, 1.54) is 17.9 Å². The fraction of sp³-hybridized carbons (Fsp3) is 0.0476. The van der Waals surface area contributed by atoms with Crippen LogP contribution in [0, 0.1) is 6.92 Å². The van der Waals surface area contributed by atoms with E-state index in [9.17, 15) is 4.79 Å². The normalized spacial score (nSPS) is 11.1. The van der Waals surface area contributed by atoms with Gasteiger partial charge in [-0.2, -0.15) is 4.80 Å². The third kappa shape index (κ3) is 4.56. The van der Waals surface area contributed by atoms with Crippen molar-refractivity contribution >= 4 is 46.0 Å². The summed E-state index contributed by atoms with van der Waals surface area (Å²) < 4.78 is 5.14. The second-order valence-corrected chi connectivity index (χ2v) is 6.73. The lowest BCUT2D eigenvalue weighted by Gasteiger charge is -2.07. The van der Waals surface area contributed by atoms with Gasteiger partial charge in [0.2, 0.25) is 5.91 Å². The van der Waals surface area contributed by atoms with Gasteiger partial charge in [0, 0.05) is 11.8 Å². The highest BCUT2D eigenvalue weighted by atomic mass is 32.1. The number of aromatic nitrogens is 3. The molecule has 0 saturated carbocycles. The lowest BCUT2D eigenvalue weighted by atomic mass is 10.2. The molecule has 0 spiro atoms. The number of fused-ring (bicyclic) bond motifs is 1. The van der Waals surface area contributed by atoms with Crippen LogP contribution < -0.4 is 10.6 Å². The Morgan fingerprint density at radius 3 is 2.66 bits per heavy atom. The Balaban J connectivity index is 1.43. The zero-order valence-electron chi connectivity index (χ0n) is 15.5. The first-order valence-corrected chi connectivity index (χ1v) is 9.25. The van der Waals surface area contributed by atoms with Gasteiger partial charge >= 0.3 is 0 Å². The molecule has 0 aliphatic rings. The summed E-state index contributed by atoms with van der Waals surface area (Å²) in [6, 6.07) is 16.9. The molecule has 0 fully saturated rings. The maximum absolute atomic E-state index is 11.9. The number of furan rings is 1. The van der Waals surface area contributed by atoms with E-state index in [2.05, 4.69) is 20.8 Å². The van der Waals surface area contributed by atoms with E-state index < -0.39 is 0 Å². The van der Waals surface area contributed by atoms with Crippen LogP contribution >= 0.6 is 12.2 Å². The molecule has 0 bridgehead atoms. The number of nitrogens with zero attached hydrogens (tertiary/aromatic N) is 3. The van der Waals surface area contributed by atoms with Crippen LogP contribution in [-0.4, -0.2) is 26.0 Å². The molecular formula is C21H17N5O2S. The lowest BCUT2D eigenvalue weighted by Crippen LogP contribution is -2.32. The number of carbonyl (C=O) groups is 1. The van der Waals surface area contributed by atoms with E-state index in [1.807, 2.05) is 49.4 Å². The highest BCUT2D eigenvalue weighted by Crippen LogP contribution is 2.17. The quantitative estimate of drug-likeness (QED) is 0.398. The first kappa shape index (κ1) is 18.6. The molecule has 2 aromatic carbocycles. The van der Waals surface area contributed by atoms with Crippen molar-refractivity contribution in [2.45, 2.75) is 6.92 Å². The molecule has 144 valence electrons. The largest absolute Gasteiger partial charge is 0.465 e. The smallest absolute Gasteiger partial charge is 0.250 e. The Labute approximate surface area is 172 Å². The van der Waals surface area contributed by atoms with Crippen LogP contribution in [0.3, 0.4) is 0 Å². The van der Waals surface area contributed by atoms with E-state index in [0.29, 0.717) is 17.0 Å². The Hall–Kier alpha value is -3.78. The predicted molar refractivity (Wildman–Crippen MR) is 116 cm³/mol. The van der Waals surface area contributed by atoms with Crippen molar-refractivity contribution in [3.63, 3.8) is 0 Å². The van der Waals surface area contributed by atoms with Gasteiger partial charge in [0.1, 0.15) is 16.8 Å². The average Bonchev–Trinajstić information content (AvgIpc) is 3.36. The number of benzene rings is 2. The third-order valence-corrected chi connectivity index (χ3v) is 4.29. The number of carbonyl (C=O) groups excluding carboxylic acids is 1. The summed E-state index contributed by atoms with van der Waals surface area (Å²) in [6.07, 6.45) is 4.45. The third-order valence-electron chi connectivity index (χ3n) is 4.08. The highest BCUT2D eigenvalue weighted by molar-refractivity contribution is 7.80. The number of anilines is 1. The number of hydrogen-bond acceptors (Lipinski definition) is 5. The van der Waals surface area contributed by atoms with E-state index >= 15 is 0 Å². The van der Waals surface area contributed by atoms with E-state index in [4.69, 9.17) is 16.6 Å². The summed E-state index contributed by atoms with van der Waals surface area (Å²) in [5.41, 5.74) is 4.22. The standard InChI is InChI=1S/C21H17N5O2S/c1-14-4-7-16(8-5-14)26-24-18-10-6-15(13-19(18)25-26)22-21(29)23-20(27)11-9-17-3-2-12-28-17/h2-13H,1H3,(H2,22,23,27,29)/b11-9+. The minimum Gasteiger partial charge on any atom is -0.465 e. The average molecular weight is 403 g/mol. The van der Waals surface area contributed by atoms with Gasteiger partial charge in [0.05, 0.1) is 12.0 Å². The van der Waals surface area contributed by atoms with Gasteiger partial charge in [-0.1, -0.05) is 17.7 Å². The number of amides is 1. The highest BCUT2D eigenvalue weighted by Gasteiger charge is 2.07. The van der Waals surface area contributed by atoms with Crippen LogP contribution in [-0.2, 0) is 4.79 Å². The molecule has 8 heteroatoms. The molecule has 2 N–H and O–H groups in total. The van der Waals surface area contributed by atoms with Crippen LogP contribution in [0.25, 0.3) is 22.8 Å². The summed E-state index contributed by atoms with van der Waals surface area (Å²) in [6.45, 7) is 2.03. The molecule has 7 nitrogen and oxygen atoms in total. The summed E-state index contributed by atoms with van der Waals surface area (Å²) in [5.74, 6) is 0.228. The van der Waals surface area contributed by atoms with Gasteiger partial charge in [-0.15, -0.1) is 10.2 Å². The van der Waals surface area contributed by atoms with Crippen LogP contribution in [0.1, 0.15) is 11.3 Å². The maximum atomic E-state index is 11.9. The van der Waals surface area contributed by atoms with Gasteiger partial charge in [-0.3, -0.25) is 10.1 Å². The Morgan fingerprint density at radius 2 is 1.90 bits per heavy atom. The summed E-state index contributed by atoms with van der Waals surface area (Å²) in [4.78, 5) is 13.5. The Morgan fingerprint density at radius 1 is 1.10 bits per heavy atom. The zero-order chi connectivity index (χ0) is 20.2. The predicted octanol–water partition coefficient (Wildman–Crippen LogP) is 3.85. The SMILES string of the molecule is Cc1ccc(-n2nc3ccc(NC(=S)NC(=O)/C=C/c4ccco4)cc3n2)cc1. The molecule has 1 amide bonds. The van der Waals surface area contributed by atoms with Crippen molar-refractivity contribution in [2.24, 2.45) is 0 Å². The molecule has 0 aliphatic heterocycles. The molecule has 2 aromatic heterocycles. The first-order valence-electron chi connectivity index (χ1n) is 8.84. The van der Waals surface area contributed by atoms with Crippen molar-refractivity contribution in [3.05, 3.63) is 78.3 Å². The van der Waals surface area contributed by atoms with Gasteiger partial charge in [-0.05, 0) is 67.7 Å². The fourth-order valence-corrected chi connectivity index (χ4v) is 2.86. The zero-order valence-corrected chi connectivity index (χ0v) is 16.3. The monoisotopic (exact) mass is 403 g/mol. The van der Waals surface area contributed by atoms with Crippen molar-refractivity contribution in [2.75, 3.05) is 5.32 Å². The molecule has 0 radical (unpaired) electrons. The number of aryl methyl sites for hydroxylation is 1. The molecule has 2 heterocycles. The molecule has 0 saturated heterocycles. The van der Waals surface area contributed by atoms with Gasteiger partial charge in [-0.25, -0.2) is 0 Å². The van der Waals surface area contributed by atoms with Crippen molar-refractivity contribution < 1.29 is 9.21 Å². The number of nitrogens with one attached hydrogen (secondary N) is 2. The molecule has 0 aliphatic carbocycles. The number of rotatable bonds is 4. The maximum Gasteiger partial charge on any atom is 0.250 e. The van der Waals surface area contributed by atoms with Gasteiger partial charge in [0.25, 0.3) is 0 Å². The number of thiocarbonyl (C=S) groups is 1. The Kier molecular flexibility index (Phi) is 5.17. The van der Waals surface area contributed by atoms with Gasteiger partial charge < -0.3 is 9.73 Å². The minimum atomic E-state index is -0.356. The summed E-state index contributed by atoms with van der Waals surface area (Å²) in [7, 11) is 0. The molecular weight excluding hydrogens is 386 g/mol. The van der Waals surface area contributed by atoms with Crippen molar-refractivity contribution in [3.8, 4) is 5.69 Å². The summed E-state index contributed by atoms with van der Waals surface area (Å²) in [5, 5.41) is 14.8. The number of hydrogen-bond donors (Lipinski definition) is 2. The van der Waals surface area contributed by atoms with Gasteiger partial charge in [0.15, 0.2) is 5.11 Å². The molecule has 4 aromatic rings. The molecule has 0 unspecified atom stereocenters.